The van der Waals surface area contributed by atoms with E-state index in [9.17, 15) is 22.4 Å². The van der Waals surface area contributed by atoms with Crippen LogP contribution in [0.4, 0.5) is 10.2 Å². The van der Waals surface area contributed by atoms with E-state index in [-0.39, 0.29) is 5.75 Å². The quantitative estimate of drug-likeness (QED) is 0.693. The molecule has 0 spiro atoms. The molecule has 1 aliphatic heterocycles. The molecular formula is C9H10FN3O6S2. The number of aromatic nitrogens is 2. The van der Waals surface area contributed by atoms with Gasteiger partial charge in [0.2, 0.25) is 5.44 Å². The molecule has 0 unspecified atom stereocenters. The fourth-order valence-electron chi connectivity index (χ4n) is 1.51. The first-order chi connectivity index (χ1) is 9.67. The Morgan fingerprint density at radius 3 is 2.95 bits per heavy atom. The molecule has 1 aliphatic rings. The van der Waals surface area contributed by atoms with Gasteiger partial charge in [-0.05, 0) is 0 Å². The lowest BCUT2D eigenvalue weighted by atomic mass is 10.5. The second kappa shape index (κ2) is 5.61. The zero-order valence-electron chi connectivity index (χ0n) is 10.6. The third-order valence-corrected chi connectivity index (χ3v) is 3.89. The van der Waals surface area contributed by atoms with E-state index >= 15 is 0 Å². The van der Waals surface area contributed by atoms with Gasteiger partial charge >= 0.3 is 21.8 Å². The average molecular weight is 339 g/mol. The number of carbonyl (C=O) groups excluding carboxylic acids is 1. The maximum Gasteiger partial charge on any atom is 0.361 e. The van der Waals surface area contributed by atoms with Crippen LogP contribution in [-0.2, 0) is 23.8 Å². The molecule has 0 radical (unpaired) electrons. The van der Waals surface area contributed by atoms with Gasteiger partial charge in [0.15, 0.2) is 11.6 Å². The Hall–Kier alpha value is -1.66. The summed E-state index contributed by atoms with van der Waals surface area (Å²) < 4.78 is 45.2. The summed E-state index contributed by atoms with van der Waals surface area (Å²) in [4.78, 5) is 26.3. The van der Waals surface area contributed by atoms with Crippen LogP contribution in [0.1, 0.15) is 6.23 Å². The van der Waals surface area contributed by atoms with E-state index in [4.69, 9.17) is 10.5 Å². The smallest absolute Gasteiger partial charge is 0.361 e. The van der Waals surface area contributed by atoms with Crippen molar-refractivity contribution in [1.82, 2.24) is 9.55 Å². The average Bonchev–Trinajstić information content (AvgIpc) is 2.81. The zero-order valence-corrected chi connectivity index (χ0v) is 12.2. The number of thioether (sulfide) groups is 1. The molecule has 2 heterocycles. The standard InChI is InChI=1S/C9H10FN3O6S2/c1-21(16,17)19-7(14)8-18-5(3-20-8)13-2-4(10)6(11)12-9(13)15/h2,5,8H,3H2,1H3,(H2,11,12,15)/t5-,8+/m0/s1. The summed E-state index contributed by atoms with van der Waals surface area (Å²) in [6.45, 7) is 0. The van der Waals surface area contributed by atoms with Gasteiger partial charge in [-0.1, -0.05) is 0 Å². The number of halogens is 1. The van der Waals surface area contributed by atoms with Crippen LogP contribution in [0.25, 0.3) is 0 Å². The van der Waals surface area contributed by atoms with Gasteiger partial charge < -0.3 is 14.7 Å². The van der Waals surface area contributed by atoms with Crippen molar-refractivity contribution in [1.29, 1.82) is 0 Å². The lowest BCUT2D eigenvalue weighted by Gasteiger charge is -2.13. The minimum atomic E-state index is -3.96. The number of nitrogen functional groups attached to an aromatic ring is 1. The third kappa shape index (κ3) is 3.71. The van der Waals surface area contributed by atoms with E-state index in [0.29, 0.717) is 6.26 Å². The van der Waals surface area contributed by atoms with Gasteiger partial charge in [0.1, 0.15) is 6.23 Å². The zero-order chi connectivity index (χ0) is 15.8. The molecule has 0 bridgehead atoms. The molecule has 0 aromatic carbocycles. The van der Waals surface area contributed by atoms with Crippen molar-refractivity contribution in [3.8, 4) is 0 Å². The topological polar surface area (TPSA) is 131 Å². The van der Waals surface area contributed by atoms with Crippen molar-refractivity contribution < 1.29 is 26.5 Å². The highest BCUT2D eigenvalue weighted by Gasteiger charge is 2.36. The lowest BCUT2D eigenvalue weighted by Crippen LogP contribution is -2.31. The molecule has 21 heavy (non-hydrogen) atoms. The number of carbonyl (C=O) groups is 1. The van der Waals surface area contributed by atoms with Gasteiger partial charge in [-0.25, -0.2) is 14.0 Å². The molecule has 1 aromatic rings. The first-order valence-corrected chi connectivity index (χ1v) is 8.28. The van der Waals surface area contributed by atoms with Gasteiger partial charge in [0, 0.05) is 5.75 Å². The molecule has 116 valence electrons. The minimum absolute atomic E-state index is 0.106. The summed E-state index contributed by atoms with van der Waals surface area (Å²) in [5.74, 6) is -2.48. The van der Waals surface area contributed by atoms with Crippen molar-refractivity contribution in [2.75, 3.05) is 17.7 Å². The Balaban J connectivity index is 2.15. The fraction of sp³-hybridized carbons (Fsp3) is 0.444. The summed E-state index contributed by atoms with van der Waals surface area (Å²) in [6, 6.07) is 0. The normalized spacial score (nSPS) is 22.2. The molecule has 1 aromatic heterocycles. The molecule has 9 nitrogen and oxygen atoms in total. The van der Waals surface area contributed by atoms with Crippen LogP contribution >= 0.6 is 11.8 Å². The second-order valence-corrected chi connectivity index (χ2v) is 6.70. The first kappa shape index (κ1) is 15.7. The van der Waals surface area contributed by atoms with E-state index in [1.165, 1.54) is 0 Å². The van der Waals surface area contributed by atoms with Gasteiger partial charge in [0.05, 0.1) is 12.5 Å². The Morgan fingerprint density at radius 2 is 2.33 bits per heavy atom. The summed E-state index contributed by atoms with van der Waals surface area (Å²) in [7, 11) is -3.96. The van der Waals surface area contributed by atoms with Crippen LogP contribution in [0, 0.1) is 5.82 Å². The van der Waals surface area contributed by atoms with Gasteiger partial charge in [-0.3, -0.25) is 4.57 Å². The van der Waals surface area contributed by atoms with E-state index in [0.717, 1.165) is 22.5 Å². The highest BCUT2D eigenvalue weighted by atomic mass is 32.2. The van der Waals surface area contributed by atoms with Crippen LogP contribution in [0.3, 0.4) is 0 Å². The maximum absolute atomic E-state index is 13.3. The maximum atomic E-state index is 13.3. The molecule has 2 N–H and O–H groups in total. The molecule has 12 heteroatoms. The van der Waals surface area contributed by atoms with Crippen LogP contribution in [0.2, 0.25) is 0 Å². The Bertz CT molecular complexity index is 733. The van der Waals surface area contributed by atoms with Crippen LogP contribution < -0.4 is 11.4 Å². The molecule has 0 aliphatic carbocycles. The highest BCUT2D eigenvalue weighted by Crippen LogP contribution is 2.32. The molecule has 0 saturated carbocycles. The number of nitrogens with zero attached hydrogens (tertiary/aromatic N) is 2. The van der Waals surface area contributed by atoms with Crippen molar-refractivity contribution in [3.05, 3.63) is 22.5 Å². The monoisotopic (exact) mass is 339 g/mol. The SMILES string of the molecule is CS(=O)(=O)OC(=O)[C@@H]1O[C@H](n2cc(F)c(N)nc2=O)CS1. The summed E-state index contributed by atoms with van der Waals surface area (Å²) in [5, 5.41) is 0. The van der Waals surface area contributed by atoms with Gasteiger partial charge in [-0.15, -0.1) is 11.8 Å². The molecule has 2 atom stereocenters. The van der Waals surface area contributed by atoms with Crippen molar-refractivity contribution >= 4 is 33.7 Å². The fourth-order valence-corrected chi connectivity index (χ4v) is 2.93. The number of hydrogen-bond acceptors (Lipinski definition) is 9. The van der Waals surface area contributed by atoms with E-state index in [1.54, 1.807) is 0 Å². The molecule has 0 amide bonds. The number of hydrogen-bond donors (Lipinski definition) is 1. The molecule has 1 saturated heterocycles. The van der Waals surface area contributed by atoms with Crippen LogP contribution in [0.5, 0.6) is 0 Å². The molecule has 2 rings (SSSR count). The second-order valence-electron chi connectivity index (χ2n) is 4.03. The van der Waals surface area contributed by atoms with E-state index in [1.807, 2.05) is 0 Å². The largest absolute Gasteiger partial charge is 0.381 e. The van der Waals surface area contributed by atoms with Crippen molar-refractivity contribution in [2.45, 2.75) is 11.7 Å². The minimum Gasteiger partial charge on any atom is -0.381 e. The van der Waals surface area contributed by atoms with Gasteiger partial charge in [0.25, 0.3) is 0 Å². The van der Waals surface area contributed by atoms with Crippen molar-refractivity contribution in [3.63, 3.8) is 0 Å². The highest BCUT2D eigenvalue weighted by molar-refractivity contribution is 8.00. The molecule has 1 fully saturated rings. The molecular weight excluding hydrogens is 329 g/mol. The summed E-state index contributed by atoms with van der Waals surface area (Å²) in [6.07, 6.45) is 0.536. The Kier molecular flexibility index (Phi) is 4.20. The summed E-state index contributed by atoms with van der Waals surface area (Å²) in [5.41, 5.74) is 3.06. The van der Waals surface area contributed by atoms with Crippen LogP contribution in [-0.4, -0.2) is 41.4 Å². The lowest BCUT2D eigenvalue weighted by molar-refractivity contribution is -0.144. The third-order valence-electron chi connectivity index (χ3n) is 2.34. The number of rotatable bonds is 3. The van der Waals surface area contributed by atoms with Crippen LogP contribution in [0.15, 0.2) is 11.0 Å². The Morgan fingerprint density at radius 1 is 1.67 bits per heavy atom. The Labute approximate surface area is 122 Å². The van der Waals surface area contributed by atoms with Crippen molar-refractivity contribution in [2.24, 2.45) is 0 Å². The summed E-state index contributed by atoms with van der Waals surface area (Å²) >= 11 is 0.910. The first-order valence-electron chi connectivity index (χ1n) is 5.42. The van der Waals surface area contributed by atoms with Gasteiger partial charge in [-0.2, -0.15) is 13.4 Å². The number of ether oxygens (including phenoxy) is 1. The predicted molar refractivity (Wildman–Crippen MR) is 70.2 cm³/mol. The van der Waals surface area contributed by atoms with E-state index < -0.39 is 45.1 Å². The van der Waals surface area contributed by atoms with E-state index in [2.05, 4.69) is 9.17 Å². The number of anilines is 1. The predicted octanol–water partition coefficient (Wildman–Crippen LogP) is -0.945. The number of nitrogens with two attached hydrogens (primary N) is 1.